The molecule has 0 saturated heterocycles. The first kappa shape index (κ1) is 33.1. The van der Waals surface area contributed by atoms with Crippen LogP contribution in [0.5, 0.6) is 0 Å². The number of alkyl halides is 3. The molecule has 43 heavy (non-hydrogen) atoms. The molecule has 4 amide bonds. The second kappa shape index (κ2) is 12.9. The van der Waals surface area contributed by atoms with Crippen molar-refractivity contribution in [1.29, 1.82) is 10.5 Å². The predicted octanol–water partition coefficient (Wildman–Crippen LogP) is 5.16. The van der Waals surface area contributed by atoms with Gasteiger partial charge >= 0.3 is 18.2 Å². The van der Waals surface area contributed by atoms with E-state index in [9.17, 15) is 41.7 Å². The maximum atomic E-state index is 14.2. The van der Waals surface area contributed by atoms with Crippen molar-refractivity contribution in [3.8, 4) is 12.1 Å². The molecule has 1 heterocycles. The van der Waals surface area contributed by atoms with Gasteiger partial charge in [0, 0.05) is 32.1 Å². The smallest absolute Gasteiger partial charge is 0.326 e. The summed E-state index contributed by atoms with van der Waals surface area (Å²) in [7, 11) is -2.63. The van der Waals surface area contributed by atoms with Crippen molar-refractivity contribution in [3.05, 3.63) is 70.4 Å². The van der Waals surface area contributed by atoms with Crippen molar-refractivity contribution >= 4 is 27.6 Å². The lowest BCUT2D eigenvalue weighted by molar-refractivity contribution is -0.137. The van der Waals surface area contributed by atoms with Crippen LogP contribution >= 0.6 is 0 Å². The van der Waals surface area contributed by atoms with Gasteiger partial charge in [-0.05, 0) is 55.9 Å². The summed E-state index contributed by atoms with van der Waals surface area (Å²) in [5, 5.41) is 19.7. The Morgan fingerprint density at radius 3 is 2.23 bits per heavy atom. The van der Waals surface area contributed by atoms with Crippen molar-refractivity contribution < 1.29 is 31.2 Å². The average Bonchev–Trinajstić information content (AvgIpc) is 2.96. The van der Waals surface area contributed by atoms with E-state index in [1.165, 1.54) is 37.1 Å². The normalized spacial score (nSPS) is 15.9. The third-order valence-electron chi connectivity index (χ3n) is 7.22. The first-order chi connectivity index (χ1) is 20.1. The second-order valence-electron chi connectivity index (χ2n) is 9.92. The van der Waals surface area contributed by atoms with Gasteiger partial charge in [0.05, 0.1) is 39.4 Å². The predicted molar refractivity (Wildman–Crippen MR) is 152 cm³/mol. The summed E-state index contributed by atoms with van der Waals surface area (Å²) in [6.45, 7) is 7.18. The summed E-state index contributed by atoms with van der Waals surface area (Å²) in [6, 6.07) is 7.80. The van der Waals surface area contributed by atoms with E-state index < -0.39 is 39.7 Å². The lowest BCUT2D eigenvalue weighted by Crippen LogP contribution is -2.56. The number of urea groups is 2. The van der Waals surface area contributed by atoms with Crippen molar-refractivity contribution in [2.24, 2.45) is 0 Å². The lowest BCUT2D eigenvalue weighted by atomic mass is 9.93. The zero-order valence-electron chi connectivity index (χ0n) is 24.3. The van der Waals surface area contributed by atoms with E-state index in [2.05, 4.69) is 0 Å². The Bertz CT molecular complexity index is 1640. The van der Waals surface area contributed by atoms with E-state index in [1.807, 2.05) is 30.9 Å². The Morgan fingerprint density at radius 2 is 1.70 bits per heavy atom. The summed E-state index contributed by atoms with van der Waals surface area (Å²) in [5.74, 6) is 0. The summed E-state index contributed by atoms with van der Waals surface area (Å²) in [5.41, 5.74) is -1.74. The molecule has 0 aromatic heterocycles. The Labute approximate surface area is 248 Å². The van der Waals surface area contributed by atoms with Gasteiger partial charge in [-0.2, -0.15) is 23.7 Å². The Kier molecular flexibility index (Phi) is 9.90. The molecular weight excluding hydrogens is 585 g/mol. The Balaban J connectivity index is 2.32. The molecule has 0 saturated carbocycles. The monoisotopic (exact) mass is 616 g/mol. The fraction of sp³-hybridized carbons (Fsp3) is 0.379. The summed E-state index contributed by atoms with van der Waals surface area (Å²) in [4.78, 5) is 32.6. The number of rotatable bonds is 8. The largest absolute Gasteiger partial charge is 0.416 e. The molecule has 1 aliphatic rings. The van der Waals surface area contributed by atoms with E-state index in [0.717, 1.165) is 35.4 Å². The molecule has 0 aliphatic carbocycles. The molecule has 1 aliphatic heterocycles. The van der Waals surface area contributed by atoms with Crippen molar-refractivity contribution in [2.45, 2.75) is 37.9 Å². The number of benzene rings is 2. The highest BCUT2D eigenvalue weighted by Gasteiger charge is 2.46. The third kappa shape index (κ3) is 6.82. The molecule has 2 aromatic rings. The lowest BCUT2D eigenvalue weighted by Gasteiger charge is -2.42. The van der Waals surface area contributed by atoms with Crippen LogP contribution in [-0.4, -0.2) is 74.7 Å². The number of carbonyl (C=O) groups is 2. The van der Waals surface area contributed by atoms with E-state index >= 15 is 0 Å². The minimum atomic E-state index is -4.74. The van der Waals surface area contributed by atoms with E-state index in [1.54, 1.807) is 0 Å². The van der Waals surface area contributed by atoms with Gasteiger partial charge in [-0.1, -0.05) is 26.0 Å². The number of nitrogens with zero attached hydrogens (tertiary/aromatic N) is 6. The van der Waals surface area contributed by atoms with E-state index in [0.29, 0.717) is 24.5 Å². The summed E-state index contributed by atoms with van der Waals surface area (Å²) in [6.07, 6.45) is -3.85. The number of hydrogen-bond donors (Lipinski definition) is 0. The fourth-order valence-corrected chi connectivity index (χ4v) is 5.77. The van der Waals surface area contributed by atoms with Crippen LogP contribution in [0.1, 0.15) is 43.5 Å². The number of amides is 4. The van der Waals surface area contributed by atoms with Crippen LogP contribution < -0.4 is 4.90 Å². The molecule has 228 valence electrons. The topological polar surface area (TPSA) is 129 Å². The number of allylic oxidation sites excluding steroid dienone is 1. The van der Waals surface area contributed by atoms with Gasteiger partial charge in [0.2, 0.25) is 0 Å². The van der Waals surface area contributed by atoms with E-state index in [-0.39, 0.29) is 39.5 Å². The van der Waals surface area contributed by atoms with Crippen LogP contribution in [-0.2, 0) is 16.0 Å². The van der Waals surface area contributed by atoms with Gasteiger partial charge < -0.3 is 9.80 Å². The van der Waals surface area contributed by atoms with Crippen LogP contribution in [0.4, 0.5) is 28.4 Å². The zero-order valence-corrected chi connectivity index (χ0v) is 25.1. The van der Waals surface area contributed by atoms with Gasteiger partial charge in [-0.25, -0.2) is 22.9 Å². The van der Waals surface area contributed by atoms with Gasteiger partial charge in [0.25, 0.3) is 0 Å². The molecular formula is C29H31F3N6O4S. The SMILES string of the molecule is CCN(CC)CCN(C)C(=O)N1C(=O)N(c2cccc(C(F)(F)F)c2)C(C)=C(C#N)[C@H]1c1ccc(C#N)cc1S(C)(=O)=O. The van der Waals surface area contributed by atoms with Crippen LogP contribution in [0.25, 0.3) is 0 Å². The van der Waals surface area contributed by atoms with Crippen LogP contribution in [0.3, 0.4) is 0 Å². The van der Waals surface area contributed by atoms with Crippen molar-refractivity contribution in [1.82, 2.24) is 14.7 Å². The average molecular weight is 617 g/mol. The minimum Gasteiger partial charge on any atom is -0.326 e. The maximum absolute atomic E-state index is 14.2. The number of hydrogen-bond acceptors (Lipinski definition) is 7. The standard InChI is InChI=1S/C29H31F3N6O4S/c1-6-36(7-2)14-13-35(4)27(39)38-26(23-12-11-20(17-33)15-25(23)43(5,41)42)24(18-34)19(3)37(28(38)40)22-10-8-9-21(16-22)29(30,31)32/h8-12,15-16,26H,6-7,13-14H2,1-5H3/t26-/m1/s1. The molecule has 2 aromatic carbocycles. The molecule has 1 atom stereocenters. The zero-order chi connectivity index (χ0) is 32.3. The highest BCUT2D eigenvalue weighted by Crippen LogP contribution is 2.42. The van der Waals surface area contributed by atoms with Crippen LogP contribution in [0.15, 0.2) is 58.6 Å². The number of carbonyl (C=O) groups excluding carboxylic acids is 2. The number of sulfone groups is 1. The van der Waals surface area contributed by atoms with Gasteiger partial charge in [0.15, 0.2) is 9.84 Å². The molecule has 0 bridgehead atoms. The first-order valence-electron chi connectivity index (χ1n) is 13.2. The molecule has 3 rings (SSSR count). The molecule has 0 unspecified atom stereocenters. The molecule has 10 nitrogen and oxygen atoms in total. The van der Waals surface area contributed by atoms with Gasteiger partial charge in [-0.3, -0.25) is 4.90 Å². The third-order valence-corrected chi connectivity index (χ3v) is 8.37. The number of nitriles is 2. The number of anilines is 1. The molecule has 0 radical (unpaired) electrons. The molecule has 0 N–H and O–H groups in total. The minimum absolute atomic E-state index is 0.00895. The summed E-state index contributed by atoms with van der Waals surface area (Å²) < 4.78 is 66.4. The molecule has 0 spiro atoms. The van der Waals surface area contributed by atoms with Gasteiger partial charge in [-0.15, -0.1) is 0 Å². The van der Waals surface area contributed by atoms with Crippen molar-refractivity contribution in [2.75, 3.05) is 44.4 Å². The van der Waals surface area contributed by atoms with Crippen LogP contribution in [0, 0.1) is 22.7 Å². The quantitative estimate of drug-likeness (QED) is 0.401. The molecule has 14 heteroatoms. The number of imide groups is 1. The Morgan fingerprint density at radius 1 is 1.05 bits per heavy atom. The first-order valence-corrected chi connectivity index (χ1v) is 15.1. The van der Waals surface area contributed by atoms with Gasteiger partial charge in [0.1, 0.15) is 6.04 Å². The highest BCUT2D eigenvalue weighted by atomic mass is 32.2. The van der Waals surface area contributed by atoms with E-state index in [4.69, 9.17) is 0 Å². The number of halogens is 3. The van der Waals surface area contributed by atoms with Crippen molar-refractivity contribution in [3.63, 3.8) is 0 Å². The fourth-order valence-electron chi connectivity index (χ4n) is 4.83. The maximum Gasteiger partial charge on any atom is 0.416 e. The second-order valence-corrected chi connectivity index (χ2v) is 11.9. The highest BCUT2D eigenvalue weighted by molar-refractivity contribution is 7.90. The Hall–Kier alpha value is -4.40. The molecule has 0 fully saturated rings. The van der Waals surface area contributed by atoms with Crippen LogP contribution in [0.2, 0.25) is 0 Å². The summed E-state index contributed by atoms with van der Waals surface area (Å²) >= 11 is 0. The number of likely N-dealkylation sites (N-methyl/N-ethyl adjacent to an activating group) is 2.